The average molecular weight is 372 g/mol. The molecule has 6 nitrogen and oxygen atoms in total. The minimum absolute atomic E-state index is 0.0109. The van der Waals surface area contributed by atoms with E-state index in [9.17, 15) is 18.0 Å². The number of carbonyl (C=O) groups excluding carboxylic acids is 1. The normalized spacial score (nSPS) is 11.1. The fourth-order valence-corrected chi connectivity index (χ4v) is 2.23. The number of hydrogen-bond donors (Lipinski definition) is 2. The largest absolute Gasteiger partial charge is 0.443 e. The number of aromatic nitrogens is 2. The van der Waals surface area contributed by atoms with Crippen LogP contribution in [0.3, 0.4) is 0 Å². The Morgan fingerprint density at radius 1 is 1.28 bits per heavy atom. The third kappa shape index (κ3) is 5.52. The van der Waals surface area contributed by atoms with E-state index in [0.29, 0.717) is 16.7 Å². The summed E-state index contributed by atoms with van der Waals surface area (Å²) in [5.41, 5.74) is -0.407. The molecule has 10 heteroatoms. The van der Waals surface area contributed by atoms with Crippen molar-refractivity contribution in [3.05, 3.63) is 41.6 Å². The zero-order valence-corrected chi connectivity index (χ0v) is 14.2. The zero-order valence-electron chi connectivity index (χ0n) is 13.3. The maximum Gasteiger partial charge on any atom is 0.416 e. The summed E-state index contributed by atoms with van der Waals surface area (Å²) in [5.74, 6) is 0.566. The number of nitrogens with one attached hydrogen (secondary N) is 2. The average Bonchev–Trinajstić information content (AvgIpc) is 2.59. The van der Waals surface area contributed by atoms with Gasteiger partial charge in [0, 0.05) is 18.8 Å². The maximum atomic E-state index is 12.7. The number of alkyl halides is 3. The summed E-state index contributed by atoms with van der Waals surface area (Å²) in [7, 11) is 1.69. The van der Waals surface area contributed by atoms with Gasteiger partial charge in [-0.2, -0.15) is 13.2 Å². The van der Waals surface area contributed by atoms with Gasteiger partial charge >= 0.3 is 12.3 Å². The van der Waals surface area contributed by atoms with Gasteiger partial charge in [-0.15, -0.1) is 0 Å². The van der Waals surface area contributed by atoms with Crippen LogP contribution in [-0.2, 0) is 17.5 Å². The molecule has 2 N–H and O–H groups in total. The number of ether oxygens (including phenoxy) is 1. The van der Waals surface area contributed by atoms with E-state index < -0.39 is 17.8 Å². The summed E-state index contributed by atoms with van der Waals surface area (Å²) in [6, 6.07) is 5.90. The zero-order chi connectivity index (χ0) is 18.4. The summed E-state index contributed by atoms with van der Waals surface area (Å²) in [6.07, 6.45) is -3.56. The topological polar surface area (TPSA) is 76.1 Å². The monoisotopic (exact) mass is 372 g/mol. The van der Waals surface area contributed by atoms with Gasteiger partial charge in [0.15, 0.2) is 5.16 Å². The predicted molar refractivity (Wildman–Crippen MR) is 88.6 cm³/mol. The van der Waals surface area contributed by atoms with E-state index in [1.54, 1.807) is 19.4 Å². The van der Waals surface area contributed by atoms with Gasteiger partial charge < -0.3 is 10.1 Å². The number of carbonyl (C=O) groups is 1. The molecule has 0 saturated heterocycles. The number of amides is 1. The van der Waals surface area contributed by atoms with Gasteiger partial charge in [-0.1, -0.05) is 17.8 Å². The molecule has 25 heavy (non-hydrogen) atoms. The number of benzene rings is 1. The highest BCUT2D eigenvalue weighted by Crippen LogP contribution is 2.30. The van der Waals surface area contributed by atoms with Gasteiger partial charge in [0.1, 0.15) is 12.4 Å². The lowest BCUT2D eigenvalue weighted by Crippen LogP contribution is -2.15. The van der Waals surface area contributed by atoms with Gasteiger partial charge in [-0.25, -0.2) is 14.8 Å². The first-order chi connectivity index (χ1) is 11.8. The van der Waals surface area contributed by atoms with Crippen molar-refractivity contribution in [2.24, 2.45) is 0 Å². The summed E-state index contributed by atoms with van der Waals surface area (Å²) in [4.78, 5) is 20.1. The molecule has 0 fully saturated rings. The molecule has 1 amide bonds. The Bertz CT molecular complexity index is 734. The quantitative estimate of drug-likeness (QED) is 0.610. The van der Waals surface area contributed by atoms with E-state index in [0.717, 1.165) is 12.1 Å². The van der Waals surface area contributed by atoms with E-state index in [2.05, 4.69) is 20.6 Å². The molecule has 0 aliphatic carbocycles. The Balaban J connectivity index is 1.99. The molecule has 0 aliphatic rings. The summed E-state index contributed by atoms with van der Waals surface area (Å²) >= 11 is 1.33. The van der Waals surface area contributed by atoms with Crippen LogP contribution in [0.1, 0.15) is 11.3 Å². The smallest absolute Gasteiger partial charge is 0.416 e. The van der Waals surface area contributed by atoms with Gasteiger partial charge in [0.2, 0.25) is 0 Å². The third-order valence-corrected chi connectivity index (χ3v) is 3.53. The molecule has 134 valence electrons. The van der Waals surface area contributed by atoms with E-state index in [1.165, 1.54) is 23.9 Å². The molecule has 0 unspecified atom stereocenters. The van der Waals surface area contributed by atoms with Crippen LogP contribution in [0.5, 0.6) is 0 Å². The predicted octanol–water partition coefficient (Wildman–Crippen LogP) is 4.01. The highest BCUT2D eigenvalue weighted by Gasteiger charge is 2.30. The molecule has 1 aromatic heterocycles. The van der Waals surface area contributed by atoms with Crippen molar-refractivity contribution in [2.45, 2.75) is 17.9 Å². The van der Waals surface area contributed by atoms with Crippen LogP contribution in [0.2, 0.25) is 0 Å². The van der Waals surface area contributed by atoms with Crippen LogP contribution in [0.25, 0.3) is 0 Å². The number of halogens is 3. The van der Waals surface area contributed by atoms with Crippen LogP contribution < -0.4 is 10.6 Å². The fraction of sp³-hybridized carbons (Fsp3) is 0.267. The van der Waals surface area contributed by atoms with E-state index >= 15 is 0 Å². The van der Waals surface area contributed by atoms with E-state index in [1.807, 2.05) is 0 Å². The number of rotatable bonds is 5. The number of anilines is 2. The van der Waals surface area contributed by atoms with Crippen molar-refractivity contribution in [1.82, 2.24) is 9.97 Å². The first-order valence-electron chi connectivity index (χ1n) is 7.02. The Labute approximate surface area is 146 Å². The minimum Gasteiger partial charge on any atom is -0.443 e. The van der Waals surface area contributed by atoms with Crippen molar-refractivity contribution >= 4 is 29.4 Å². The second-order valence-corrected chi connectivity index (χ2v) is 5.53. The third-order valence-electron chi connectivity index (χ3n) is 2.98. The molecule has 2 aromatic rings. The SMILES string of the molecule is CNc1cc(COC(=O)Nc2cccc(C(F)(F)F)c2)nc(SC)n1. The highest BCUT2D eigenvalue weighted by atomic mass is 32.2. The lowest BCUT2D eigenvalue weighted by Gasteiger charge is -2.11. The summed E-state index contributed by atoms with van der Waals surface area (Å²) in [5, 5.41) is 5.62. The molecular weight excluding hydrogens is 357 g/mol. The van der Waals surface area contributed by atoms with Crippen LogP contribution >= 0.6 is 11.8 Å². The van der Waals surface area contributed by atoms with Crippen molar-refractivity contribution < 1.29 is 22.7 Å². The lowest BCUT2D eigenvalue weighted by atomic mass is 10.2. The molecule has 0 saturated carbocycles. The minimum atomic E-state index is -4.49. The van der Waals surface area contributed by atoms with Crippen molar-refractivity contribution in [3.8, 4) is 0 Å². The molecule has 0 aliphatic heterocycles. The van der Waals surface area contributed by atoms with E-state index in [4.69, 9.17) is 4.74 Å². The Hall–Kier alpha value is -2.49. The summed E-state index contributed by atoms with van der Waals surface area (Å²) in [6.45, 7) is -0.143. The lowest BCUT2D eigenvalue weighted by molar-refractivity contribution is -0.137. The van der Waals surface area contributed by atoms with Gasteiger partial charge in [-0.05, 0) is 24.5 Å². The maximum absolute atomic E-state index is 12.7. The standard InChI is InChI=1S/C15H15F3N4O2S/c1-19-12-7-11(20-13(22-12)25-2)8-24-14(23)21-10-5-3-4-9(6-10)15(16,17)18/h3-7H,8H2,1-2H3,(H,21,23)(H,19,20,22). The molecule has 1 heterocycles. The van der Waals surface area contributed by atoms with Crippen molar-refractivity contribution in [2.75, 3.05) is 23.9 Å². The number of thioether (sulfide) groups is 1. The van der Waals surface area contributed by atoms with Gasteiger partial charge in [0.25, 0.3) is 0 Å². The Morgan fingerprint density at radius 2 is 2.04 bits per heavy atom. The second kappa shape index (κ2) is 8.06. The van der Waals surface area contributed by atoms with Crippen molar-refractivity contribution in [1.29, 1.82) is 0 Å². The molecule has 0 bridgehead atoms. The van der Waals surface area contributed by atoms with E-state index in [-0.39, 0.29) is 12.3 Å². The van der Waals surface area contributed by atoms with Crippen LogP contribution in [-0.4, -0.2) is 29.4 Å². The highest BCUT2D eigenvalue weighted by molar-refractivity contribution is 7.98. The molecular formula is C15H15F3N4O2S. The number of hydrogen-bond acceptors (Lipinski definition) is 6. The number of nitrogens with zero attached hydrogens (tertiary/aromatic N) is 2. The molecule has 0 spiro atoms. The Kier molecular flexibility index (Phi) is 6.07. The van der Waals surface area contributed by atoms with Gasteiger partial charge in [-0.3, -0.25) is 5.32 Å². The second-order valence-electron chi connectivity index (χ2n) is 4.76. The molecule has 2 rings (SSSR count). The van der Waals surface area contributed by atoms with Gasteiger partial charge in [0.05, 0.1) is 11.3 Å². The van der Waals surface area contributed by atoms with Crippen LogP contribution in [0, 0.1) is 0 Å². The summed E-state index contributed by atoms with van der Waals surface area (Å²) < 4.78 is 43.0. The first kappa shape index (κ1) is 18.8. The first-order valence-corrected chi connectivity index (χ1v) is 8.25. The molecule has 0 radical (unpaired) electrons. The van der Waals surface area contributed by atoms with Crippen LogP contribution in [0.4, 0.5) is 29.5 Å². The molecule has 0 atom stereocenters. The van der Waals surface area contributed by atoms with Crippen molar-refractivity contribution in [3.63, 3.8) is 0 Å². The van der Waals surface area contributed by atoms with Crippen LogP contribution in [0.15, 0.2) is 35.5 Å². The fourth-order valence-electron chi connectivity index (χ4n) is 1.83. The Morgan fingerprint density at radius 3 is 2.68 bits per heavy atom. The molecule has 1 aromatic carbocycles.